The van der Waals surface area contributed by atoms with Crippen LogP contribution in [0.2, 0.25) is 0 Å². The summed E-state index contributed by atoms with van der Waals surface area (Å²) in [6.07, 6.45) is -1.86. The molecule has 2 amide bonds. The van der Waals surface area contributed by atoms with Crippen LogP contribution in [0.25, 0.3) is 11.0 Å². The number of carbonyl (C=O) groups excluding carboxylic acids is 2. The lowest BCUT2D eigenvalue weighted by Crippen LogP contribution is -2.43. The van der Waals surface area contributed by atoms with Gasteiger partial charge in [0.25, 0.3) is 0 Å². The highest BCUT2D eigenvalue weighted by molar-refractivity contribution is 5.97. The first kappa shape index (κ1) is 41.2. The quantitative estimate of drug-likeness (QED) is 0.184. The van der Waals surface area contributed by atoms with E-state index in [0.29, 0.717) is 42.7 Å². The van der Waals surface area contributed by atoms with Crippen LogP contribution in [0.4, 0.5) is 28.6 Å². The molecule has 12 nitrogen and oxygen atoms in total. The minimum absolute atomic E-state index is 0.104. The van der Waals surface area contributed by atoms with Crippen molar-refractivity contribution in [3.05, 3.63) is 54.5 Å². The van der Waals surface area contributed by atoms with Crippen LogP contribution in [0.15, 0.2) is 48.9 Å². The van der Waals surface area contributed by atoms with Gasteiger partial charge in [-0.1, -0.05) is 30.3 Å². The molecule has 1 aliphatic carbocycles. The summed E-state index contributed by atoms with van der Waals surface area (Å²) in [4.78, 5) is 39.3. The zero-order valence-corrected chi connectivity index (χ0v) is 32.9. The van der Waals surface area contributed by atoms with Gasteiger partial charge < -0.3 is 28.4 Å². The molecule has 3 heterocycles. The summed E-state index contributed by atoms with van der Waals surface area (Å²) in [6.45, 7) is 14.0. The number of hydrogen-bond donors (Lipinski definition) is 0. The Balaban J connectivity index is 1.34. The fourth-order valence-corrected chi connectivity index (χ4v) is 7.25. The molecule has 298 valence electrons. The van der Waals surface area contributed by atoms with Crippen molar-refractivity contribution in [2.24, 2.45) is 5.92 Å². The molecule has 54 heavy (non-hydrogen) atoms. The first-order chi connectivity index (χ1) is 25.1. The molecule has 1 aliphatic heterocycles. The van der Waals surface area contributed by atoms with Gasteiger partial charge in [0.15, 0.2) is 11.6 Å². The standard InChI is InChI=1S/C39H55F3N6O6/c1-36(2,3)53-34(49)45(9)32-28-17-21-48(33(28)44-25-43-32)29-22-27(30-31(29)52-38(7,8)51-30)23-46(24-39(40,41)42)18-13-19-47(35(50)54-37(4,5)6)20-16-26-14-11-10-12-15-26/h10-12,14-15,17,21,25,27,29-31H,13,16,18-20,22-24H2,1-9H3/t27-,29-,30-,31+/m1/s1. The van der Waals surface area contributed by atoms with Crippen LogP contribution < -0.4 is 4.90 Å². The van der Waals surface area contributed by atoms with Crippen molar-refractivity contribution in [1.29, 1.82) is 0 Å². The zero-order valence-electron chi connectivity index (χ0n) is 32.9. The Kier molecular flexibility index (Phi) is 12.2. The van der Waals surface area contributed by atoms with E-state index in [0.717, 1.165) is 5.56 Å². The van der Waals surface area contributed by atoms with E-state index in [1.807, 2.05) is 47.2 Å². The monoisotopic (exact) mass is 760 g/mol. The average molecular weight is 761 g/mol. The molecule has 3 aromatic rings. The van der Waals surface area contributed by atoms with E-state index < -0.39 is 54.1 Å². The van der Waals surface area contributed by atoms with Crippen LogP contribution in [0, 0.1) is 5.92 Å². The number of hydrogen-bond acceptors (Lipinski definition) is 9. The topological polar surface area (TPSA) is 111 Å². The highest BCUT2D eigenvalue weighted by Gasteiger charge is 2.55. The number of aromatic nitrogens is 3. The number of amides is 2. The predicted octanol–water partition coefficient (Wildman–Crippen LogP) is 7.62. The van der Waals surface area contributed by atoms with Crippen LogP contribution in [-0.2, 0) is 25.4 Å². The summed E-state index contributed by atoms with van der Waals surface area (Å²) in [5.41, 5.74) is 0.177. The molecule has 1 saturated heterocycles. The van der Waals surface area contributed by atoms with E-state index in [1.54, 1.807) is 67.3 Å². The average Bonchev–Trinajstić information content (AvgIpc) is 3.71. The number of halogens is 3. The van der Waals surface area contributed by atoms with Crippen molar-refractivity contribution in [2.75, 3.05) is 44.7 Å². The third-order valence-electron chi connectivity index (χ3n) is 9.35. The van der Waals surface area contributed by atoms with Crippen molar-refractivity contribution < 1.29 is 41.7 Å². The second kappa shape index (κ2) is 16.0. The Morgan fingerprint density at radius 2 is 1.56 bits per heavy atom. The number of alkyl halides is 3. The molecule has 2 fully saturated rings. The maximum atomic E-state index is 14.1. The van der Waals surface area contributed by atoms with Gasteiger partial charge in [0.1, 0.15) is 29.3 Å². The number of carbonyl (C=O) groups is 2. The van der Waals surface area contributed by atoms with Crippen molar-refractivity contribution in [3.8, 4) is 0 Å². The minimum Gasteiger partial charge on any atom is -0.444 e. The second-order valence-corrected chi connectivity index (χ2v) is 16.7. The van der Waals surface area contributed by atoms with Crippen LogP contribution in [-0.4, -0.2) is 112 Å². The molecule has 0 radical (unpaired) electrons. The molecular formula is C39H55F3N6O6. The van der Waals surface area contributed by atoms with E-state index in [9.17, 15) is 22.8 Å². The lowest BCUT2D eigenvalue weighted by atomic mass is 10.0. The molecular weight excluding hydrogens is 705 g/mol. The van der Waals surface area contributed by atoms with Crippen molar-refractivity contribution in [1.82, 2.24) is 24.3 Å². The van der Waals surface area contributed by atoms with Gasteiger partial charge in [-0.25, -0.2) is 19.6 Å². The largest absolute Gasteiger partial charge is 0.444 e. The smallest absolute Gasteiger partial charge is 0.415 e. The zero-order chi connectivity index (χ0) is 39.6. The molecule has 2 aliphatic rings. The number of ether oxygens (including phenoxy) is 4. The Hall–Kier alpha value is -3.95. The van der Waals surface area contributed by atoms with E-state index in [-0.39, 0.29) is 31.6 Å². The number of fused-ring (bicyclic) bond motifs is 2. The Morgan fingerprint density at radius 1 is 0.907 bits per heavy atom. The molecule has 1 aromatic carbocycles. The third kappa shape index (κ3) is 10.8. The van der Waals surface area contributed by atoms with E-state index in [2.05, 4.69) is 9.97 Å². The van der Waals surface area contributed by atoms with E-state index in [1.165, 1.54) is 16.1 Å². The number of rotatable bonds is 12. The maximum absolute atomic E-state index is 14.1. The van der Waals surface area contributed by atoms with Crippen molar-refractivity contribution in [2.45, 2.75) is 116 Å². The van der Waals surface area contributed by atoms with Crippen LogP contribution >= 0.6 is 0 Å². The molecule has 15 heteroatoms. The van der Waals surface area contributed by atoms with Gasteiger partial charge in [-0.3, -0.25) is 9.80 Å². The Labute approximate surface area is 315 Å². The van der Waals surface area contributed by atoms with E-state index >= 15 is 0 Å². The van der Waals surface area contributed by atoms with Gasteiger partial charge >= 0.3 is 18.4 Å². The molecule has 2 aromatic heterocycles. The van der Waals surface area contributed by atoms with Crippen molar-refractivity contribution >= 4 is 29.0 Å². The summed E-state index contributed by atoms with van der Waals surface area (Å²) in [5, 5.41) is 0.615. The fraction of sp³-hybridized carbons (Fsp3) is 0.641. The summed E-state index contributed by atoms with van der Waals surface area (Å²) in [6, 6.07) is 11.2. The first-order valence-corrected chi connectivity index (χ1v) is 18.5. The summed E-state index contributed by atoms with van der Waals surface area (Å²) < 4.78 is 68.1. The SMILES string of the molecule is CN(C(=O)OC(C)(C)C)c1ncnc2c1ccn2[C@@H]1C[C@H](CN(CCCN(CCc2ccccc2)C(=O)OC(C)(C)C)CC(F)(F)F)[C@H]2OC(C)(C)O[C@H]21. The number of nitrogens with zero attached hydrogens (tertiary/aromatic N) is 6. The van der Waals surface area contributed by atoms with Gasteiger partial charge in [-0.2, -0.15) is 13.2 Å². The first-order valence-electron chi connectivity index (χ1n) is 18.5. The highest BCUT2D eigenvalue weighted by atomic mass is 19.4. The Bertz CT molecular complexity index is 1740. The molecule has 0 bridgehead atoms. The van der Waals surface area contributed by atoms with Crippen LogP contribution in [0.1, 0.15) is 79.8 Å². The van der Waals surface area contributed by atoms with Crippen molar-refractivity contribution in [3.63, 3.8) is 0 Å². The molecule has 0 unspecified atom stereocenters. The van der Waals surface area contributed by atoms with E-state index in [4.69, 9.17) is 18.9 Å². The predicted molar refractivity (Wildman–Crippen MR) is 198 cm³/mol. The van der Waals surface area contributed by atoms with Gasteiger partial charge in [-0.05, 0) is 86.3 Å². The minimum atomic E-state index is -4.44. The summed E-state index contributed by atoms with van der Waals surface area (Å²) in [5.74, 6) is -0.899. The molecule has 1 saturated carbocycles. The van der Waals surface area contributed by atoms with Gasteiger partial charge in [-0.15, -0.1) is 0 Å². The lowest BCUT2D eigenvalue weighted by molar-refractivity contribution is -0.165. The molecule has 5 rings (SSSR count). The lowest BCUT2D eigenvalue weighted by Gasteiger charge is -2.31. The number of benzene rings is 1. The Morgan fingerprint density at radius 3 is 2.20 bits per heavy atom. The number of anilines is 1. The van der Waals surface area contributed by atoms with Gasteiger partial charge in [0.2, 0.25) is 0 Å². The normalized spacial score (nSPS) is 21.4. The maximum Gasteiger partial charge on any atom is 0.415 e. The van der Waals surface area contributed by atoms with Gasteiger partial charge in [0, 0.05) is 45.3 Å². The van der Waals surface area contributed by atoms with Crippen LogP contribution in [0.5, 0.6) is 0 Å². The highest BCUT2D eigenvalue weighted by Crippen LogP contribution is 2.48. The van der Waals surface area contributed by atoms with Crippen LogP contribution in [0.3, 0.4) is 0 Å². The summed E-state index contributed by atoms with van der Waals surface area (Å²) >= 11 is 0. The molecule has 0 spiro atoms. The third-order valence-corrected chi connectivity index (χ3v) is 9.35. The summed E-state index contributed by atoms with van der Waals surface area (Å²) in [7, 11) is 1.58. The van der Waals surface area contributed by atoms with Gasteiger partial charge in [0.05, 0.1) is 24.1 Å². The second-order valence-electron chi connectivity index (χ2n) is 16.7. The fourth-order valence-electron chi connectivity index (χ4n) is 7.25. The molecule has 4 atom stereocenters. The molecule has 0 N–H and O–H groups in total.